The van der Waals surface area contributed by atoms with Crippen LogP contribution < -0.4 is 16.0 Å². The van der Waals surface area contributed by atoms with Gasteiger partial charge in [0.25, 0.3) is 0 Å². The molecule has 9 heteroatoms. The maximum atomic E-state index is 13.6. The summed E-state index contributed by atoms with van der Waals surface area (Å²) in [6.07, 6.45) is 4.73. The molecule has 2 amide bonds. The van der Waals surface area contributed by atoms with Crippen LogP contribution in [0.25, 0.3) is 0 Å². The first-order valence-electron chi connectivity index (χ1n) is 8.82. The molecule has 8 nitrogen and oxygen atoms in total. The van der Waals surface area contributed by atoms with Crippen molar-refractivity contribution in [2.75, 3.05) is 29.0 Å². The van der Waals surface area contributed by atoms with Gasteiger partial charge in [-0.3, -0.25) is 14.5 Å². The van der Waals surface area contributed by atoms with Gasteiger partial charge in [-0.25, -0.2) is 14.4 Å². The van der Waals surface area contributed by atoms with E-state index < -0.39 is 5.82 Å². The van der Waals surface area contributed by atoms with Gasteiger partial charge in [-0.05, 0) is 37.1 Å². The van der Waals surface area contributed by atoms with Gasteiger partial charge in [-0.15, -0.1) is 0 Å². The molecule has 1 aliphatic rings. The number of halogens is 1. The predicted molar refractivity (Wildman–Crippen MR) is 104 cm³/mol. The molecule has 1 aromatic carbocycles. The fourth-order valence-electron chi connectivity index (χ4n) is 3.22. The minimum atomic E-state index is -0.486. The number of anilines is 4. The normalized spacial score (nSPS) is 16.3. The molecule has 0 aliphatic carbocycles. The van der Waals surface area contributed by atoms with Crippen molar-refractivity contribution in [3.8, 4) is 0 Å². The fraction of sp³-hybridized carbons (Fsp3) is 0.263. The van der Waals surface area contributed by atoms with Gasteiger partial charge in [-0.1, -0.05) is 12.6 Å². The number of carbonyl (C=O) groups excluding carboxylic acids is 2. The number of nitrogens with zero attached hydrogens (tertiary/aromatic N) is 4. The number of benzene rings is 1. The molecular weight excluding hydrogens is 363 g/mol. The van der Waals surface area contributed by atoms with Crippen molar-refractivity contribution in [3.05, 3.63) is 49.1 Å². The van der Waals surface area contributed by atoms with Crippen molar-refractivity contribution < 1.29 is 14.0 Å². The summed E-state index contributed by atoms with van der Waals surface area (Å²) in [5.41, 5.74) is 6.54. The second-order valence-corrected chi connectivity index (χ2v) is 6.38. The van der Waals surface area contributed by atoms with Crippen molar-refractivity contribution in [1.82, 2.24) is 14.9 Å². The maximum absolute atomic E-state index is 13.6. The number of rotatable bonds is 6. The molecule has 1 fully saturated rings. The largest absolute Gasteiger partial charge is 0.382 e. The van der Waals surface area contributed by atoms with Gasteiger partial charge in [0, 0.05) is 19.1 Å². The van der Waals surface area contributed by atoms with E-state index in [-0.39, 0.29) is 23.5 Å². The summed E-state index contributed by atoms with van der Waals surface area (Å²) < 4.78 is 13.6. The topological polar surface area (TPSA) is 104 Å². The average molecular weight is 384 g/mol. The Morgan fingerprint density at radius 2 is 2.25 bits per heavy atom. The van der Waals surface area contributed by atoms with Crippen molar-refractivity contribution in [2.45, 2.75) is 18.9 Å². The third kappa shape index (κ3) is 4.08. The highest BCUT2D eigenvalue weighted by molar-refractivity contribution is 5.95. The van der Waals surface area contributed by atoms with Gasteiger partial charge < -0.3 is 16.0 Å². The molecule has 0 spiro atoms. The van der Waals surface area contributed by atoms with Gasteiger partial charge in [0.2, 0.25) is 12.3 Å². The molecule has 0 unspecified atom stereocenters. The number of aromatic nitrogens is 2. The summed E-state index contributed by atoms with van der Waals surface area (Å²) in [5, 5.41) is 3.24. The van der Waals surface area contributed by atoms with Crippen LogP contribution >= 0.6 is 0 Å². The molecular formula is C19H21FN6O2. The molecule has 1 atom stereocenters. The number of amides is 2. The monoisotopic (exact) mass is 384 g/mol. The van der Waals surface area contributed by atoms with E-state index in [9.17, 15) is 14.0 Å². The lowest BCUT2D eigenvalue weighted by Crippen LogP contribution is -2.44. The number of piperidine rings is 1. The highest BCUT2D eigenvalue weighted by Crippen LogP contribution is 2.34. The number of hydrogen-bond acceptors (Lipinski definition) is 6. The van der Waals surface area contributed by atoms with E-state index in [0.29, 0.717) is 31.0 Å². The van der Waals surface area contributed by atoms with Crippen LogP contribution in [-0.2, 0) is 9.59 Å². The number of likely N-dealkylation sites (tertiary alicyclic amines) is 1. The van der Waals surface area contributed by atoms with Crippen molar-refractivity contribution in [2.24, 2.45) is 0 Å². The molecule has 3 rings (SSSR count). The second-order valence-electron chi connectivity index (χ2n) is 6.38. The van der Waals surface area contributed by atoms with Gasteiger partial charge in [0.05, 0.1) is 5.69 Å². The first-order valence-corrected chi connectivity index (χ1v) is 8.82. The lowest BCUT2D eigenvalue weighted by molar-refractivity contribution is -0.127. The van der Waals surface area contributed by atoms with E-state index in [0.717, 1.165) is 12.8 Å². The van der Waals surface area contributed by atoms with Crippen molar-refractivity contribution >= 4 is 35.3 Å². The average Bonchev–Trinajstić information content (AvgIpc) is 2.70. The first kappa shape index (κ1) is 19.3. The molecule has 3 N–H and O–H groups in total. The van der Waals surface area contributed by atoms with Crippen LogP contribution in [0.15, 0.2) is 43.2 Å². The molecule has 28 heavy (non-hydrogen) atoms. The SMILES string of the molecule is C=CC(=O)N1CCC[C@@H](Nc2ncnc(N)c2N(C=O)c2cccc(F)c2)C1. The number of carbonyl (C=O) groups is 2. The Kier molecular flexibility index (Phi) is 5.83. The van der Waals surface area contributed by atoms with Crippen LogP contribution in [0.3, 0.4) is 0 Å². The number of nitrogen functional groups attached to an aromatic ring is 1. The van der Waals surface area contributed by atoms with Gasteiger partial charge in [-0.2, -0.15) is 0 Å². The lowest BCUT2D eigenvalue weighted by Gasteiger charge is -2.33. The zero-order valence-corrected chi connectivity index (χ0v) is 15.2. The third-order valence-corrected chi connectivity index (χ3v) is 4.53. The Hall–Kier alpha value is -3.49. The van der Waals surface area contributed by atoms with E-state index in [1.165, 1.54) is 35.5 Å². The zero-order valence-electron chi connectivity index (χ0n) is 15.2. The van der Waals surface area contributed by atoms with E-state index in [1.54, 1.807) is 11.0 Å². The van der Waals surface area contributed by atoms with Crippen LogP contribution in [0.2, 0.25) is 0 Å². The summed E-state index contributed by atoms with van der Waals surface area (Å²) >= 11 is 0. The molecule has 1 saturated heterocycles. The second kappa shape index (κ2) is 8.47. The predicted octanol–water partition coefficient (Wildman–Crippen LogP) is 2.08. The summed E-state index contributed by atoms with van der Waals surface area (Å²) in [5.74, 6) is -0.214. The molecule has 1 aliphatic heterocycles. The van der Waals surface area contributed by atoms with Crippen molar-refractivity contribution in [3.63, 3.8) is 0 Å². The Balaban J connectivity index is 1.90. The highest BCUT2D eigenvalue weighted by Gasteiger charge is 2.25. The Labute approximate surface area is 161 Å². The highest BCUT2D eigenvalue weighted by atomic mass is 19.1. The Bertz CT molecular complexity index is 890. The van der Waals surface area contributed by atoms with Crippen LogP contribution in [0.5, 0.6) is 0 Å². The Morgan fingerprint density at radius 3 is 2.96 bits per heavy atom. The molecule has 2 heterocycles. The molecule has 146 valence electrons. The molecule has 0 bridgehead atoms. The quantitative estimate of drug-likeness (QED) is 0.584. The van der Waals surface area contributed by atoms with Gasteiger partial charge >= 0.3 is 0 Å². The maximum Gasteiger partial charge on any atom is 0.246 e. The van der Waals surface area contributed by atoms with Crippen molar-refractivity contribution in [1.29, 1.82) is 0 Å². The minimum absolute atomic E-state index is 0.0729. The molecule has 0 radical (unpaired) electrons. The van der Waals surface area contributed by atoms with Crippen LogP contribution in [0.1, 0.15) is 12.8 Å². The first-order chi connectivity index (χ1) is 13.5. The molecule has 0 saturated carbocycles. The minimum Gasteiger partial charge on any atom is -0.382 e. The standard InChI is InChI=1S/C19H21FN6O2/c1-2-16(28)25-8-4-6-14(10-25)24-19-17(18(21)22-11-23-19)26(12-27)15-7-3-5-13(20)9-15/h2-3,5,7,9,11-12,14H,1,4,6,8,10H2,(H3,21,22,23,24)/t14-/m1/s1. The van der Waals surface area contributed by atoms with Gasteiger partial charge in [0.15, 0.2) is 11.6 Å². The summed E-state index contributed by atoms with van der Waals surface area (Å²) in [6.45, 7) is 4.65. The van der Waals surface area contributed by atoms with Crippen LogP contribution in [0, 0.1) is 5.82 Å². The van der Waals surface area contributed by atoms with E-state index in [1.807, 2.05) is 0 Å². The summed E-state index contributed by atoms with van der Waals surface area (Å²) in [4.78, 5) is 34.8. The fourth-order valence-corrected chi connectivity index (χ4v) is 3.22. The van der Waals surface area contributed by atoms with E-state index in [2.05, 4.69) is 21.9 Å². The Morgan fingerprint density at radius 1 is 1.43 bits per heavy atom. The smallest absolute Gasteiger partial charge is 0.246 e. The number of hydrogen-bond donors (Lipinski definition) is 2. The molecule has 2 aromatic rings. The lowest BCUT2D eigenvalue weighted by atomic mass is 10.1. The van der Waals surface area contributed by atoms with Crippen LogP contribution in [-0.4, -0.2) is 46.3 Å². The summed E-state index contributed by atoms with van der Waals surface area (Å²) in [6, 6.07) is 5.48. The number of nitrogens with one attached hydrogen (secondary N) is 1. The zero-order chi connectivity index (χ0) is 20.1. The van der Waals surface area contributed by atoms with Crippen LogP contribution in [0.4, 0.5) is 27.4 Å². The third-order valence-electron chi connectivity index (χ3n) is 4.53. The van der Waals surface area contributed by atoms with E-state index >= 15 is 0 Å². The van der Waals surface area contributed by atoms with E-state index in [4.69, 9.17) is 5.73 Å². The number of nitrogens with two attached hydrogens (primary N) is 1. The van der Waals surface area contributed by atoms with Gasteiger partial charge in [0.1, 0.15) is 17.8 Å². The summed E-state index contributed by atoms with van der Waals surface area (Å²) in [7, 11) is 0. The molecule has 1 aromatic heterocycles.